The average Bonchev–Trinajstić information content (AvgIpc) is 3.28. The molecule has 0 aromatic heterocycles. The lowest BCUT2D eigenvalue weighted by Crippen LogP contribution is -2.45. The summed E-state index contributed by atoms with van der Waals surface area (Å²) in [6.07, 6.45) is 63.4. The number of carbonyl (C=O) groups excluding carboxylic acids is 2. The third-order valence-corrected chi connectivity index (χ3v) is 13.0. The summed E-state index contributed by atoms with van der Waals surface area (Å²) in [5.41, 5.74) is 0. The van der Waals surface area contributed by atoms with Crippen molar-refractivity contribution in [2.24, 2.45) is 0 Å². The third-order valence-electron chi connectivity index (χ3n) is 13.0. The Labute approximate surface area is 392 Å². The Balaban J connectivity index is 3.54. The number of hydrogen-bond donors (Lipinski definition) is 3. The van der Waals surface area contributed by atoms with Crippen molar-refractivity contribution in [3.63, 3.8) is 0 Å². The molecule has 372 valence electrons. The van der Waals surface area contributed by atoms with Gasteiger partial charge in [0.15, 0.2) is 0 Å². The molecule has 0 aliphatic heterocycles. The summed E-state index contributed by atoms with van der Waals surface area (Å²) >= 11 is 0. The second kappa shape index (κ2) is 53.0. The summed E-state index contributed by atoms with van der Waals surface area (Å²) in [4.78, 5) is 24.5. The van der Waals surface area contributed by atoms with Gasteiger partial charge in [-0.2, -0.15) is 0 Å². The van der Waals surface area contributed by atoms with Crippen LogP contribution >= 0.6 is 0 Å². The number of hydrogen-bond acceptors (Lipinski definition) is 5. The molecule has 2 unspecified atom stereocenters. The lowest BCUT2D eigenvalue weighted by molar-refractivity contribution is -0.143. The smallest absolute Gasteiger partial charge is 0.305 e. The van der Waals surface area contributed by atoms with Gasteiger partial charge in [0.05, 0.1) is 25.4 Å². The van der Waals surface area contributed by atoms with E-state index in [1.165, 1.54) is 199 Å². The standard InChI is InChI=1S/C57H109NO5/c1-3-5-7-9-11-13-15-17-18-19-20-21-22-23-24-25-26-28-29-33-37-41-45-49-55(60)54(53-59)58-56(61)50-46-42-38-34-31-32-36-40-44-48-52-63-57(62)51-47-43-39-35-30-27-16-14-12-10-8-6-4-2/h32,36,45,49,54-55,59-60H,3-31,33-35,37-44,46-48,50-53H2,1-2H3,(H,58,61)/b36-32-,49-45+. The Morgan fingerprint density at radius 2 is 0.746 bits per heavy atom. The minimum atomic E-state index is -0.866. The van der Waals surface area contributed by atoms with E-state index < -0.39 is 12.1 Å². The predicted molar refractivity (Wildman–Crippen MR) is 273 cm³/mol. The molecule has 6 nitrogen and oxygen atoms in total. The van der Waals surface area contributed by atoms with Gasteiger partial charge in [-0.05, 0) is 57.8 Å². The van der Waals surface area contributed by atoms with Crippen LogP contribution in [0.4, 0.5) is 0 Å². The zero-order valence-electron chi connectivity index (χ0n) is 42.3. The van der Waals surface area contributed by atoms with Gasteiger partial charge in [0.25, 0.3) is 0 Å². The van der Waals surface area contributed by atoms with E-state index in [0.717, 1.165) is 77.0 Å². The molecule has 6 heteroatoms. The predicted octanol–water partition coefficient (Wildman–Crippen LogP) is 17.1. The second-order valence-corrected chi connectivity index (χ2v) is 19.3. The van der Waals surface area contributed by atoms with E-state index in [-0.39, 0.29) is 18.5 Å². The Kier molecular flexibility index (Phi) is 51.6. The van der Waals surface area contributed by atoms with Gasteiger partial charge < -0.3 is 20.3 Å². The monoisotopic (exact) mass is 888 g/mol. The van der Waals surface area contributed by atoms with E-state index in [1.807, 2.05) is 6.08 Å². The van der Waals surface area contributed by atoms with Crippen molar-refractivity contribution in [1.82, 2.24) is 5.32 Å². The molecule has 0 spiro atoms. The molecule has 0 rings (SSSR count). The number of unbranched alkanes of at least 4 members (excludes halogenated alkanes) is 39. The van der Waals surface area contributed by atoms with Crippen molar-refractivity contribution in [3.05, 3.63) is 24.3 Å². The van der Waals surface area contributed by atoms with E-state index in [2.05, 4.69) is 31.3 Å². The van der Waals surface area contributed by atoms with Crippen LogP contribution in [-0.4, -0.2) is 47.4 Å². The number of amides is 1. The van der Waals surface area contributed by atoms with Crippen LogP contribution in [0.1, 0.15) is 303 Å². The molecule has 0 heterocycles. The highest BCUT2D eigenvalue weighted by Gasteiger charge is 2.18. The molecule has 63 heavy (non-hydrogen) atoms. The number of carbonyl (C=O) groups is 2. The maximum absolute atomic E-state index is 12.5. The highest BCUT2D eigenvalue weighted by molar-refractivity contribution is 5.76. The summed E-state index contributed by atoms with van der Waals surface area (Å²) in [6, 6.07) is -0.653. The van der Waals surface area contributed by atoms with Gasteiger partial charge in [-0.1, -0.05) is 256 Å². The quantitative estimate of drug-likeness (QED) is 0.0321. The van der Waals surface area contributed by atoms with Gasteiger partial charge in [-0.25, -0.2) is 0 Å². The molecule has 0 saturated carbocycles. The molecule has 0 aliphatic carbocycles. The van der Waals surface area contributed by atoms with E-state index in [0.29, 0.717) is 19.4 Å². The first kappa shape index (κ1) is 61.3. The molecule has 0 aromatic carbocycles. The Morgan fingerprint density at radius 1 is 0.429 bits per heavy atom. The molecule has 0 aromatic rings. The number of ether oxygens (including phenoxy) is 1. The first-order valence-corrected chi connectivity index (χ1v) is 28.1. The summed E-state index contributed by atoms with van der Waals surface area (Å²) < 4.78 is 5.43. The lowest BCUT2D eigenvalue weighted by atomic mass is 10.0. The van der Waals surface area contributed by atoms with Gasteiger partial charge in [0, 0.05) is 12.8 Å². The van der Waals surface area contributed by atoms with E-state index >= 15 is 0 Å². The first-order chi connectivity index (χ1) is 31.0. The third kappa shape index (κ3) is 49.6. The fourth-order valence-electron chi connectivity index (χ4n) is 8.63. The molecule has 1 amide bonds. The molecular formula is C57H109NO5. The SMILES string of the molecule is CCCCCCCCCCCCCCCCCCCCCCC/C=C/C(O)C(CO)NC(=O)CCCCCC/C=C\CCCCOC(=O)CCCCCCCCCCCCCCC. The number of nitrogens with one attached hydrogen (secondary N) is 1. The normalized spacial score (nSPS) is 12.8. The van der Waals surface area contributed by atoms with E-state index in [4.69, 9.17) is 4.74 Å². The fraction of sp³-hybridized carbons (Fsp3) is 0.895. The van der Waals surface area contributed by atoms with Gasteiger partial charge in [-0.15, -0.1) is 0 Å². The number of aliphatic hydroxyl groups excluding tert-OH is 2. The van der Waals surface area contributed by atoms with Crippen molar-refractivity contribution in [2.45, 2.75) is 315 Å². The molecule has 0 bridgehead atoms. The maximum Gasteiger partial charge on any atom is 0.305 e. The summed E-state index contributed by atoms with van der Waals surface area (Å²) in [6.45, 7) is 4.83. The van der Waals surface area contributed by atoms with Crippen molar-refractivity contribution >= 4 is 11.9 Å². The number of rotatable bonds is 52. The van der Waals surface area contributed by atoms with Crippen LogP contribution in [0.3, 0.4) is 0 Å². The summed E-state index contributed by atoms with van der Waals surface area (Å²) in [5, 5.41) is 23.1. The number of allylic oxidation sites excluding steroid dienone is 3. The molecule has 3 N–H and O–H groups in total. The van der Waals surface area contributed by atoms with Gasteiger partial charge in [0.2, 0.25) is 5.91 Å². The highest BCUT2D eigenvalue weighted by atomic mass is 16.5. The van der Waals surface area contributed by atoms with Crippen LogP contribution in [-0.2, 0) is 14.3 Å². The minimum Gasteiger partial charge on any atom is -0.466 e. The Hall–Kier alpha value is -1.66. The maximum atomic E-state index is 12.5. The topological polar surface area (TPSA) is 95.9 Å². The molecule has 0 radical (unpaired) electrons. The largest absolute Gasteiger partial charge is 0.466 e. The molecule has 2 atom stereocenters. The van der Waals surface area contributed by atoms with Crippen LogP contribution in [0.2, 0.25) is 0 Å². The zero-order valence-corrected chi connectivity index (χ0v) is 42.3. The van der Waals surface area contributed by atoms with Crippen molar-refractivity contribution in [1.29, 1.82) is 0 Å². The van der Waals surface area contributed by atoms with Gasteiger partial charge in [0.1, 0.15) is 0 Å². The fourth-order valence-corrected chi connectivity index (χ4v) is 8.63. The van der Waals surface area contributed by atoms with Crippen LogP contribution in [0, 0.1) is 0 Å². The second-order valence-electron chi connectivity index (χ2n) is 19.3. The molecule has 0 aliphatic rings. The van der Waals surface area contributed by atoms with Crippen LogP contribution in [0.25, 0.3) is 0 Å². The molecule has 0 fully saturated rings. The van der Waals surface area contributed by atoms with Crippen molar-refractivity contribution in [2.75, 3.05) is 13.2 Å². The first-order valence-electron chi connectivity index (χ1n) is 28.1. The van der Waals surface area contributed by atoms with Crippen LogP contribution in [0.5, 0.6) is 0 Å². The number of aliphatic hydroxyl groups is 2. The van der Waals surface area contributed by atoms with Crippen molar-refractivity contribution < 1.29 is 24.5 Å². The van der Waals surface area contributed by atoms with E-state index in [1.54, 1.807) is 6.08 Å². The average molecular weight is 889 g/mol. The minimum absolute atomic E-state index is 0.0364. The lowest BCUT2D eigenvalue weighted by Gasteiger charge is -2.20. The van der Waals surface area contributed by atoms with E-state index in [9.17, 15) is 19.8 Å². The van der Waals surface area contributed by atoms with Crippen LogP contribution < -0.4 is 5.32 Å². The summed E-state index contributed by atoms with van der Waals surface area (Å²) in [7, 11) is 0. The molecule has 0 saturated heterocycles. The highest BCUT2D eigenvalue weighted by Crippen LogP contribution is 2.17. The zero-order chi connectivity index (χ0) is 45.8. The van der Waals surface area contributed by atoms with Crippen LogP contribution in [0.15, 0.2) is 24.3 Å². The van der Waals surface area contributed by atoms with Gasteiger partial charge >= 0.3 is 5.97 Å². The number of esters is 1. The van der Waals surface area contributed by atoms with Crippen molar-refractivity contribution in [3.8, 4) is 0 Å². The Morgan fingerprint density at radius 3 is 1.13 bits per heavy atom. The molecular weight excluding hydrogens is 779 g/mol. The Bertz CT molecular complexity index is 982. The van der Waals surface area contributed by atoms with Gasteiger partial charge in [-0.3, -0.25) is 9.59 Å². The summed E-state index contributed by atoms with van der Waals surface area (Å²) in [5.74, 6) is -0.137.